The summed E-state index contributed by atoms with van der Waals surface area (Å²) in [6.07, 6.45) is 9.65. The van der Waals surface area contributed by atoms with Crippen LogP contribution in [0.1, 0.15) is 33.1 Å². The first kappa shape index (κ1) is 9.61. The van der Waals surface area contributed by atoms with Crippen molar-refractivity contribution in [3.63, 3.8) is 0 Å². The summed E-state index contributed by atoms with van der Waals surface area (Å²) in [7, 11) is 2.12. The van der Waals surface area contributed by atoms with Crippen LogP contribution in [0.2, 0.25) is 0 Å². The Balaban J connectivity index is 2.36. The highest BCUT2D eigenvalue weighted by molar-refractivity contribution is 5.08. The standard InChI is InChI=1S/C11H19N/c1-5-11(2,3)12(4)9-10-7-6-8-10/h1,10H,6-9H2,2-4H3. The molecule has 0 spiro atoms. The minimum absolute atomic E-state index is 0.0738. The van der Waals surface area contributed by atoms with Gasteiger partial charge in [-0.05, 0) is 39.7 Å². The van der Waals surface area contributed by atoms with Gasteiger partial charge in [-0.1, -0.05) is 12.3 Å². The molecule has 0 aliphatic heterocycles. The molecule has 1 saturated carbocycles. The molecule has 0 N–H and O–H groups in total. The Morgan fingerprint density at radius 3 is 2.42 bits per heavy atom. The lowest BCUT2D eigenvalue weighted by Gasteiger charge is -2.36. The van der Waals surface area contributed by atoms with Crippen molar-refractivity contribution in [2.24, 2.45) is 5.92 Å². The van der Waals surface area contributed by atoms with Gasteiger partial charge >= 0.3 is 0 Å². The highest BCUT2D eigenvalue weighted by Crippen LogP contribution is 2.28. The van der Waals surface area contributed by atoms with Crippen LogP contribution in [0.4, 0.5) is 0 Å². The first-order chi connectivity index (χ1) is 5.56. The second-order valence-corrected chi connectivity index (χ2v) is 4.38. The third-order valence-electron chi connectivity index (χ3n) is 3.06. The summed E-state index contributed by atoms with van der Waals surface area (Å²) in [4.78, 5) is 2.29. The van der Waals surface area contributed by atoms with E-state index in [1.165, 1.54) is 19.3 Å². The van der Waals surface area contributed by atoms with E-state index in [2.05, 4.69) is 31.7 Å². The summed E-state index contributed by atoms with van der Waals surface area (Å²) in [6.45, 7) is 5.37. The molecule has 1 aliphatic carbocycles. The maximum atomic E-state index is 5.45. The largest absolute Gasteiger partial charge is 0.291 e. The van der Waals surface area contributed by atoms with Gasteiger partial charge in [0.25, 0.3) is 0 Å². The van der Waals surface area contributed by atoms with Crippen LogP contribution >= 0.6 is 0 Å². The fourth-order valence-electron chi connectivity index (χ4n) is 1.40. The van der Waals surface area contributed by atoms with Crippen LogP contribution in [-0.4, -0.2) is 24.0 Å². The summed E-state index contributed by atoms with van der Waals surface area (Å²) in [6, 6.07) is 0. The van der Waals surface area contributed by atoms with Crippen molar-refractivity contribution in [1.29, 1.82) is 0 Å². The van der Waals surface area contributed by atoms with Gasteiger partial charge < -0.3 is 0 Å². The first-order valence-corrected chi connectivity index (χ1v) is 4.75. The highest BCUT2D eigenvalue weighted by atomic mass is 15.2. The Hall–Kier alpha value is -0.480. The van der Waals surface area contributed by atoms with Gasteiger partial charge in [-0.15, -0.1) is 6.42 Å². The molecule has 0 unspecified atom stereocenters. The average Bonchev–Trinajstić information content (AvgIpc) is 1.96. The number of terminal acetylenes is 1. The van der Waals surface area contributed by atoms with Crippen molar-refractivity contribution in [3.05, 3.63) is 0 Å². The van der Waals surface area contributed by atoms with E-state index >= 15 is 0 Å². The van der Waals surface area contributed by atoms with Crippen molar-refractivity contribution in [1.82, 2.24) is 4.90 Å². The zero-order valence-corrected chi connectivity index (χ0v) is 8.43. The fourth-order valence-corrected chi connectivity index (χ4v) is 1.40. The average molecular weight is 165 g/mol. The van der Waals surface area contributed by atoms with Gasteiger partial charge in [0.2, 0.25) is 0 Å². The number of nitrogens with zero attached hydrogens (tertiary/aromatic N) is 1. The van der Waals surface area contributed by atoms with E-state index in [0.29, 0.717) is 0 Å². The van der Waals surface area contributed by atoms with Crippen LogP contribution in [0.25, 0.3) is 0 Å². The Kier molecular flexibility index (Phi) is 2.80. The number of hydrogen-bond acceptors (Lipinski definition) is 1. The second-order valence-electron chi connectivity index (χ2n) is 4.38. The molecule has 1 rings (SSSR count). The van der Waals surface area contributed by atoms with E-state index in [1.54, 1.807) is 0 Å². The Morgan fingerprint density at radius 1 is 1.50 bits per heavy atom. The van der Waals surface area contributed by atoms with Crippen LogP contribution in [0, 0.1) is 18.3 Å². The van der Waals surface area contributed by atoms with Crippen LogP contribution in [0.3, 0.4) is 0 Å². The summed E-state index contributed by atoms with van der Waals surface area (Å²) in [5.74, 6) is 3.73. The molecule has 0 aromatic rings. The zero-order chi connectivity index (χ0) is 9.19. The summed E-state index contributed by atoms with van der Waals surface area (Å²) in [5, 5.41) is 0. The van der Waals surface area contributed by atoms with E-state index < -0.39 is 0 Å². The van der Waals surface area contributed by atoms with Crippen molar-refractivity contribution >= 4 is 0 Å². The fraction of sp³-hybridized carbons (Fsp3) is 0.818. The third-order valence-corrected chi connectivity index (χ3v) is 3.06. The van der Waals surface area contributed by atoms with Gasteiger partial charge in [0.05, 0.1) is 5.54 Å². The van der Waals surface area contributed by atoms with Gasteiger partial charge in [0.1, 0.15) is 0 Å². The third kappa shape index (κ3) is 2.01. The normalized spacial score (nSPS) is 18.9. The van der Waals surface area contributed by atoms with Gasteiger partial charge in [-0.3, -0.25) is 4.90 Å². The number of rotatable bonds is 3. The van der Waals surface area contributed by atoms with E-state index in [9.17, 15) is 0 Å². The topological polar surface area (TPSA) is 3.24 Å². The maximum absolute atomic E-state index is 5.45. The molecule has 0 saturated heterocycles. The number of hydrogen-bond donors (Lipinski definition) is 0. The first-order valence-electron chi connectivity index (χ1n) is 4.75. The SMILES string of the molecule is C#CC(C)(C)N(C)CC1CCC1. The van der Waals surface area contributed by atoms with E-state index in [-0.39, 0.29) is 5.54 Å². The summed E-state index contributed by atoms with van der Waals surface area (Å²) < 4.78 is 0. The second kappa shape index (κ2) is 3.49. The molecular formula is C11H19N. The molecule has 12 heavy (non-hydrogen) atoms. The Labute approximate surface area is 76.1 Å². The van der Waals surface area contributed by atoms with E-state index in [4.69, 9.17) is 6.42 Å². The predicted molar refractivity (Wildman–Crippen MR) is 52.9 cm³/mol. The lowest BCUT2D eigenvalue weighted by molar-refractivity contribution is 0.143. The van der Waals surface area contributed by atoms with Gasteiger partial charge in [0, 0.05) is 6.54 Å². The molecular weight excluding hydrogens is 146 g/mol. The zero-order valence-electron chi connectivity index (χ0n) is 8.43. The van der Waals surface area contributed by atoms with E-state index in [1.807, 2.05) is 0 Å². The van der Waals surface area contributed by atoms with Crippen molar-refractivity contribution in [3.8, 4) is 12.3 Å². The maximum Gasteiger partial charge on any atom is 0.0763 e. The Bertz CT molecular complexity index is 184. The molecule has 0 atom stereocenters. The van der Waals surface area contributed by atoms with Crippen LogP contribution in [-0.2, 0) is 0 Å². The monoisotopic (exact) mass is 165 g/mol. The highest BCUT2D eigenvalue weighted by Gasteiger charge is 2.26. The van der Waals surface area contributed by atoms with Gasteiger partial charge in [-0.2, -0.15) is 0 Å². The molecule has 1 aliphatic rings. The van der Waals surface area contributed by atoms with Crippen LogP contribution in [0.5, 0.6) is 0 Å². The molecule has 0 amide bonds. The molecule has 1 nitrogen and oxygen atoms in total. The van der Waals surface area contributed by atoms with Gasteiger partial charge in [-0.25, -0.2) is 0 Å². The molecule has 0 aromatic carbocycles. The molecule has 1 fully saturated rings. The lowest BCUT2D eigenvalue weighted by Crippen LogP contribution is -2.43. The van der Waals surface area contributed by atoms with E-state index in [0.717, 1.165) is 12.5 Å². The molecule has 0 radical (unpaired) electrons. The van der Waals surface area contributed by atoms with Crippen molar-refractivity contribution < 1.29 is 0 Å². The van der Waals surface area contributed by atoms with Crippen LogP contribution < -0.4 is 0 Å². The summed E-state index contributed by atoms with van der Waals surface area (Å²) >= 11 is 0. The molecule has 1 heteroatoms. The Morgan fingerprint density at radius 2 is 2.08 bits per heavy atom. The minimum Gasteiger partial charge on any atom is -0.291 e. The molecule has 68 valence electrons. The quantitative estimate of drug-likeness (QED) is 0.579. The predicted octanol–water partition coefficient (Wildman–Crippen LogP) is 2.13. The molecule has 0 heterocycles. The summed E-state index contributed by atoms with van der Waals surface area (Å²) in [5.41, 5.74) is -0.0738. The minimum atomic E-state index is -0.0738. The van der Waals surface area contributed by atoms with Crippen molar-refractivity contribution in [2.75, 3.05) is 13.6 Å². The smallest absolute Gasteiger partial charge is 0.0763 e. The lowest BCUT2D eigenvalue weighted by atomic mass is 9.84. The van der Waals surface area contributed by atoms with Crippen molar-refractivity contribution in [2.45, 2.75) is 38.6 Å². The van der Waals surface area contributed by atoms with Gasteiger partial charge in [0.15, 0.2) is 0 Å². The van der Waals surface area contributed by atoms with Crippen LogP contribution in [0.15, 0.2) is 0 Å². The molecule has 0 bridgehead atoms. The molecule has 0 aromatic heterocycles.